The smallest absolute Gasteiger partial charge is 0.143 e. The van der Waals surface area contributed by atoms with Crippen LogP contribution < -0.4 is 4.90 Å². The minimum absolute atomic E-state index is 0.106. The van der Waals surface area contributed by atoms with E-state index in [1.165, 1.54) is 4.90 Å². The fourth-order valence-electron chi connectivity index (χ4n) is 7.18. The number of para-hydroxylation sites is 2. The molecule has 0 saturated heterocycles. The molecule has 0 bridgehead atoms. The summed E-state index contributed by atoms with van der Waals surface area (Å²) in [6, 6.07) is 44.0. The third kappa shape index (κ3) is 5.04. The van der Waals surface area contributed by atoms with Crippen LogP contribution in [0.1, 0.15) is 11.0 Å². The second kappa shape index (κ2) is 12.5. The zero-order chi connectivity index (χ0) is 41.4. The van der Waals surface area contributed by atoms with Gasteiger partial charge < -0.3 is 9.32 Å². The van der Waals surface area contributed by atoms with E-state index < -0.39 is 24.2 Å². The Morgan fingerprint density at radius 3 is 1.77 bits per heavy atom. The Kier molecular flexibility index (Phi) is 5.45. The molecule has 2 nitrogen and oxygen atoms in total. The molecule has 244 valence electrons. The minimum Gasteiger partial charge on any atom is -0.455 e. The van der Waals surface area contributed by atoms with Gasteiger partial charge in [-0.25, -0.2) is 0 Å². The van der Waals surface area contributed by atoms with Crippen LogP contribution in [-0.2, 0) is 0 Å². The van der Waals surface area contributed by atoms with Crippen molar-refractivity contribution in [3.05, 3.63) is 200 Å². The van der Waals surface area contributed by atoms with Crippen LogP contribution in [0.3, 0.4) is 0 Å². The van der Waals surface area contributed by atoms with E-state index in [2.05, 4.69) is 0 Å². The van der Waals surface area contributed by atoms with Gasteiger partial charge in [0, 0.05) is 33.1 Å². The van der Waals surface area contributed by atoms with Gasteiger partial charge in [-0.15, -0.1) is 0 Å². The first-order valence-corrected chi connectivity index (χ1v) is 17.1. The van der Waals surface area contributed by atoms with E-state index >= 15 is 0 Å². The van der Waals surface area contributed by atoms with Crippen molar-refractivity contribution < 1.29 is 15.4 Å². The van der Waals surface area contributed by atoms with Gasteiger partial charge in [0.1, 0.15) is 11.2 Å². The van der Waals surface area contributed by atoms with Crippen molar-refractivity contribution in [2.24, 2.45) is 0 Å². The average molecular weight is 672 g/mol. The van der Waals surface area contributed by atoms with Crippen molar-refractivity contribution in [2.45, 2.75) is 0 Å². The first-order chi connectivity index (χ1) is 29.2. The van der Waals surface area contributed by atoms with E-state index in [1.807, 2.05) is 109 Å². The zero-order valence-electron chi connectivity index (χ0n) is 35.8. The van der Waals surface area contributed by atoms with Gasteiger partial charge in [-0.3, -0.25) is 0 Å². The maximum absolute atomic E-state index is 9.72. The Bertz CT molecular complexity index is 3320. The Balaban J connectivity index is 1.33. The highest BCUT2D eigenvalue weighted by molar-refractivity contribution is 6.22. The largest absolute Gasteiger partial charge is 0.455 e. The Morgan fingerprint density at radius 1 is 0.404 bits per heavy atom. The number of rotatable bonds is 6. The molecule has 52 heavy (non-hydrogen) atoms. The van der Waals surface area contributed by atoms with Crippen LogP contribution in [0.15, 0.2) is 204 Å². The molecule has 1 heterocycles. The average Bonchev–Trinajstić information content (AvgIpc) is 3.68. The van der Waals surface area contributed by atoms with Crippen molar-refractivity contribution >= 4 is 60.5 Å². The Morgan fingerprint density at radius 2 is 0.981 bits per heavy atom. The molecule has 0 spiro atoms. The summed E-state index contributed by atoms with van der Waals surface area (Å²) >= 11 is 0. The van der Waals surface area contributed by atoms with Gasteiger partial charge in [-0.1, -0.05) is 158 Å². The highest BCUT2D eigenvalue weighted by atomic mass is 16.3. The molecule has 0 amide bonds. The van der Waals surface area contributed by atoms with Gasteiger partial charge in [0.25, 0.3) is 0 Å². The normalized spacial score (nSPS) is 13.6. The van der Waals surface area contributed by atoms with E-state index in [0.717, 1.165) is 37.9 Å². The Labute approximate surface area is 313 Å². The summed E-state index contributed by atoms with van der Waals surface area (Å²) < 4.78 is 82.9. The minimum atomic E-state index is -0.407. The van der Waals surface area contributed by atoms with Crippen LogP contribution in [0.2, 0.25) is 0 Å². The standard InChI is InChI=1S/C50H33NO/c1-2-13-34(14-3-1)35-25-29-39(30-26-35)51(40-31-27-37(28-32-40)42-22-12-17-36-15-4-6-18-41(36)42)47-23-10-8-20-44(47)46-33-38-16-5-7-19-43(38)50-49(46)45-21-9-11-24-48(45)52-50/h1-33H/i25D,26D,27D,28D,29D,30D,31D,32D. The van der Waals surface area contributed by atoms with Crippen LogP contribution in [0.5, 0.6) is 0 Å². The van der Waals surface area contributed by atoms with Crippen LogP contribution in [0.4, 0.5) is 17.1 Å². The van der Waals surface area contributed by atoms with Crippen molar-refractivity contribution in [1.29, 1.82) is 0 Å². The first kappa shape index (κ1) is 22.7. The quantitative estimate of drug-likeness (QED) is 0.175. The van der Waals surface area contributed by atoms with E-state index in [-0.39, 0.29) is 46.7 Å². The number of hydrogen-bond donors (Lipinski definition) is 0. The maximum atomic E-state index is 9.72. The molecule has 10 aromatic rings. The zero-order valence-corrected chi connectivity index (χ0v) is 27.8. The molecular weight excluding hydrogens is 631 g/mol. The lowest BCUT2D eigenvalue weighted by molar-refractivity contribution is 0.673. The molecule has 0 aliphatic heterocycles. The number of nitrogens with zero attached hydrogens (tertiary/aromatic N) is 1. The molecule has 0 saturated carbocycles. The third-order valence-electron chi connectivity index (χ3n) is 9.60. The molecule has 0 atom stereocenters. The molecule has 10 rings (SSSR count). The summed E-state index contributed by atoms with van der Waals surface area (Å²) in [5.41, 5.74) is 3.79. The van der Waals surface area contributed by atoms with Crippen LogP contribution in [0.25, 0.3) is 76.9 Å². The molecule has 0 unspecified atom stereocenters. The van der Waals surface area contributed by atoms with Gasteiger partial charge in [0.15, 0.2) is 0 Å². The van der Waals surface area contributed by atoms with Crippen molar-refractivity contribution in [3.8, 4) is 33.4 Å². The first-order valence-electron chi connectivity index (χ1n) is 21.1. The van der Waals surface area contributed by atoms with Crippen molar-refractivity contribution in [2.75, 3.05) is 4.90 Å². The van der Waals surface area contributed by atoms with Crippen molar-refractivity contribution in [1.82, 2.24) is 0 Å². The lowest BCUT2D eigenvalue weighted by Crippen LogP contribution is -2.11. The van der Waals surface area contributed by atoms with Crippen LogP contribution in [-0.4, -0.2) is 0 Å². The molecule has 9 aromatic carbocycles. The van der Waals surface area contributed by atoms with Gasteiger partial charge in [0.05, 0.1) is 16.7 Å². The molecule has 0 aliphatic rings. The summed E-state index contributed by atoms with van der Waals surface area (Å²) in [6.45, 7) is 0. The van der Waals surface area contributed by atoms with E-state index in [9.17, 15) is 11.0 Å². The lowest BCUT2D eigenvalue weighted by atomic mass is 9.93. The molecular formula is C50H33NO. The number of anilines is 3. The maximum Gasteiger partial charge on any atom is 0.143 e. The molecule has 1 aromatic heterocycles. The monoisotopic (exact) mass is 671 g/mol. The second-order valence-corrected chi connectivity index (χ2v) is 12.6. The summed E-state index contributed by atoms with van der Waals surface area (Å²) in [6.07, 6.45) is 0. The topological polar surface area (TPSA) is 16.4 Å². The molecule has 0 aliphatic carbocycles. The fourth-order valence-corrected chi connectivity index (χ4v) is 7.18. The van der Waals surface area contributed by atoms with E-state index in [4.69, 9.17) is 4.42 Å². The lowest BCUT2D eigenvalue weighted by Gasteiger charge is -2.28. The van der Waals surface area contributed by atoms with Crippen LogP contribution >= 0.6 is 0 Å². The van der Waals surface area contributed by atoms with Crippen molar-refractivity contribution in [3.63, 3.8) is 0 Å². The summed E-state index contributed by atoms with van der Waals surface area (Å²) in [4.78, 5) is 1.39. The highest BCUT2D eigenvalue weighted by Gasteiger charge is 2.22. The Hall–Kier alpha value is -6.90. The molecule has 0 radical (unpaired) electrons. The summed E-state index contributed by atoms with van der Waals surface area (Å²) in [7, 11) is 0. The molecule has 0 N–H and O–H groups in total. The molecule has 2 heteroatoms. The predicted molar refractivity (Wildman–Crippen MR) is 220 cm³/mol. The SMILES string of the molecule is [2H]c1c([2H])c(N(c2ccccc2-c2cc3ccccc3c3oc4ccccc4c23)c2c([2H])c([2H])c(-c3cccc4ccccc34)c([2H])c2[2H])c([2H])c([2H])c1-c1ccccc1. The number of benzene rings is 9. The van der Waals surface area contributed by atoms with Gasteiger partial charge in [-0.05, 0) is 86.3 Å². The fraction of sp³-hybridized carbons (Fsp3) is 0. The second-order valence-electron chi connectivity index (χ2n) is 12.6. The van der Waals surface area contributed by atoms with Gasteiger partial charge >= 0.3 is 0 Å². The van der Waals surface area contributed by atoms with Gasteiger partial charge in [-0.2, -0.15) is 0 Å². The summed E-state index contributed by atoms with van der Waals surface area (Å²) in [5, 5.41) is 5.10. The van der Waals surface area contributed by atoms with E-state index in [0.29, 0.717) is 33.5 Å². The highest BCUT2D eigenvalue weighted by Crippen LogP contribution is 2.47. The predicted octanol–water partition coefficient (Wildman–Crippen LogP) is 14.4. The number of hydrogen-bond acceptors (Lipinski definition) is 2. The third-order valence-corrected chi connectivity index (χ3v) is 9.60. The van der Waals surface area contributed by atoms with E-state index in [1.54, 1.807) is 42.5 Å². The number of fused-ring (bicyclic) bond motifs is 6. The van der Waals surface area contributed by atoms with Gasteiger partial charge in [0.2, 0.25) is 0 Å². The molecule has 0 fully saturated rings. The summed E-state index contributed by atoms with van der Waals surface area (Å²) in [5.74, 6) is 0. The number of furan rings is 1. The van der Waals surface area contributed by atoms with Crippen LogP contribution in [0, 0.1) is 0 Å².